The van der Waals surface area contributed by atoms with Crippen molar-refractivity contribution in [3.63, 3.8) is 0 Å². The zero-order valence-corrected chi connectivity index (χ0v) is 18.1. The maximum Gasteiger partial charge on any atom is 0.338 e. The van der Waals surface area contributed by atoms with Gasteiger partial charge in [0, 0.05) is 6.20 Å². The molecule has 0 radical (unpaired) electrons. The average molecular weight is 421 g/mol. The Balaban J connectivity index is 1.56. The molecule has 0 fully saturated rings. The third kappa shape index (κ3) is 4.14. The summed E-state index contributed by atoms with van der Waals surface area (Å²) in [6.45, 7) is 6.58. The highest BCUT2D eigenvalue weighted by Crippen LogP contribution is 2.41. The van der Waals surface area contributed by atoms with Crippen LogP contribution in [-0.4, -0.2) is 22.6 Å². The van der Waals surface area contributed by atoms with Gasteiger partial charge >= 0.3 is 5.97 Å². The lowest BCUT2D eigenvalue weighted by molar-refractivity contribution is -0.139. The number of amidine groups is 1. The molecule has 0 spiro atoms. The fraction of sp³-hybridized carbons (Fsp3) is 0.250. The van der Waals surface area contributed by atoms with Crippen LogP contribution in [0.5, 0.6) is 5.75 Å². The maximum atomic E-state index is 12.7. The number of ether oxygens (including phenoxy) is 2. The Hall–Kier alpha value is -2.99. The van der Waals surface area contributed by atoms with Crippen molar-refractivity contribution in [2.24, 2.45) is 4.99 Å². The van der Waals surface area contributed by atoms with E-state index in [9.17, 15) is 4.79 Å². The Bertz CT molecular complexity index is 1020. The van der Waals surface area contributed by atoms with Gasteiger partial charge in [0.2, 0.25) is 0 Å². The van der Waals surface area contributed by atoms with Crippen molar-refractivity contribution in [3.05, 3.63) is 88.1 Å². The van der Waals surface area contributed by atoms with Crippen molar-refractivity contribution < 1.29 is 14.3 Å². The molecule has 154 valence electrons. The van der Waals surface area contributed by atoms with Gasteiger partial charge in [0.25, 0.3) is 0 Å². The standard InChI is InChI=1S/C24H24N2O3S/c1-4-28-23(27)21-17(3)25-24-26(13-14-30-24)22(21)19-9-11-20(12-10-19)29-15-18-7-5-16(2)6-8-18/h5-14,22H,4,15H2,1-3H3/t22-/m1/s1. The molecule has 0 unspecified atom stereocenters. The summed E-state index contributed by atoms with van der Waals surface area (Å²) in [5.74, 6) is 0.460. The molecule has 4 rings (SSSR count). The normalized spacial score (nSPS) is 17.6. The van der Waals surface area contributed by atoms with Crippen LogP contribution in [0.2, 0.25) is 0 Å². The molecule has 0 bridgehead atoms. The van der Waals surface area contributed by atoms with Crippen molar-refractivity contribution in [2.75, 3.05) is 6.61 Å². The van der Waals surface area contributed by atoms with E-state index >= 15 is 0 Å². The highest BCUT2D eigenvalue weighted by molar-refractivity contribution is 8.16. The van der Waals surface area contributed by atoms with Gasteiger partial charge in [-0.1, -0.05) is 53.7 Å². The third-order valence-corrected chi connectivity index (χ3v) is 5.81. The number of rotatable bonds is 6. The van der Waals surface area contributed by atoms with Crippen molar-refractivity contribution in [1.82, 2.24) is 4.90 Å². The van der Waals surface area contributed by atoms with Crippen LogP contribution >= 0.6 is 11.8 Å². The summed E-state index contributed by atoms with van der Waals surface area (Å²) in [4.78, 5) is 19.3. The summed E-state index contributed by atoms with van der Waals surface area (Å²) in [6.07, 6.45) is 1.96. The summed E-state index contributed by atoms with van der Waals surface area (Å²) in [7, 11) is 0. The summed E-state index contributed by atoms with van der Waals surface area (Å²) in [6, 6.07) is 15.9. The van der Waals surface area contributed by atoms with Crippen molar-refractivity contribution in [1.29, 1.82) is 0 Å². The first-order valence-corrected chi connectivity index (χ1v) is 10.8. The summed E-state index contributed by atoms with van der Waals surface area (Å²) in [5.41, 5.74) is 4.61. The van der Waals surface area contributed by atoms with Crippen molar-refractivity contribution in [2.45, 2.75) is 33.4 Å². The summed E-state index contributed by atoms with van der Waals surface area (Å²) >= 11 is 1.55. The molecule has 2 aliphatic heterocycles. The van der Waals surface area contributed by atoms with E-state index < -0.39 is 0 Å². The Morgan fingerprint density at radius 1 is 1.10 bits per heavy atom. The Morgan fingerprint density at radius 2 is 1.83 bits per heavy atom. The van der Waals surface area contributed by atoms with Gasteiger partial charge in [-0.2, -0.15) is 0 Å². The molecule has 6 heteroatoms. The number of allylic oxidation sites excluding steroid dienone is 1. The molecule has 0 amide bonds. The number of carbonyl (C=O) groups is 1. The number of thioether (sulfide) groups is 1. The molecule has 0 aromatic heterocycles. The van der Waals surface area contributed by atoms with Crippen LogP contribution in [0.3, 0.4) is 0 Å². The fourth-order valence-corrected chi connectivity index (χ4v) is 4.29. The number of esters is 1. The van der Waals surface area contributed by atoms with Crippen molar-refractivity contribution >= 4 is 22.9 Å². The molecule has 30 heavy (non-hydrogen) atoms. The second-order valence-electron chi connectivity index (χ2n) is 7.17. The van der Waals surface area contributed by atoms with Gasteiger partial charge in [-0.05, 0) is 49.4 Å². The predicted molar refractivity (Wildman–Crippen MR) is 120 cm³/mol. The first-order valence-electron chi connectivity index (χ1n) is 9.93. The molecule has 0 N–H and O–H groups in total. The van der Waals surface area contributed by atoms with Gasteiger partial charge in [-0.15, -0.1) is 0 Å². The number of nitrogens with zero attached hydrogens (tertiary/aromatic N) is 2. The molecule has 2 aliphatic rings. The van der Waals surface area contributed by atoms with Crippen LogP contribution in [0.25, 0.3) is 0 Å². The molecule has 0 saturated heterocycles. The molecule has 2 aromatic carbocycles. The molecule has 1 atom stereocenters. The summed E-state index contributed by atoms with van der Waals surface area (Å²) < 4.78 is 11.3. The molecular formula is C24H24N2O3S. The number of hydrogen-bond acceptors (Lipinski definition) is 6. The van der Waals surface area contributed by atoms with Crippen LogP contribution in [0.15, 0.2) is 76.4 Å². The molecular weight excluding hydrogens is 396 g/mol. The zero-order valence-electron chi connectivity index (χ0n) is 17.3. The van der Waals surface area contributed by atoms with Gasteiger partial charge in [-0.3, -0.25) is 0 Å². The predicted octanol–water partition coefficient (Wildman–Crippen LogP) is 5.34. The average Bonchev–Trinajstić information content (AvgIpc) is 3.21. The van der Waals surface area contributed by atoms with Gasteiger partial charge in [-0.25, -0.2) is 9.79 Å². The van der Waals surface area contributed by atoms with Crippen LogP contribution in [0.4, 0.5) is 0 Å². The van der Waals surface area contributed by atoms with E-state index in [2.05, 4.69) is 36.2 Å². The fourth-order valence-electron chi connectivity index (χ4n) is 3.50. The zero-order chi connectivity index (χ0) is 21.1. The monoisotopic (exact) mass is 420 g/mol. The minimum absolute atomic E-state index is 0.269. The third-order valence-electron chi connectivity index (χ3n) is 5.04. The highest BCUT2D eigenvalue weighted by atomic mass is 32.2. The van der Waals surface area contributed by atoms with Crippen LogP contribution in [-0.2, 0) is 16.1 Å². The summed E-state index contributed by atoms with van der Waals surface area (Å²) in [5, 5.41) is 2.84. The van der Waals surface area contributed by atoms with E-state index in [1.807, 2.05) is 54.6 Å². The van der Waals surface area contributed by atoms with Gasteiger partial charge in [0.15, 0.2) is 5.17 Å². The number of hydrogen-bond donors (Lipinski definition) is 0. The van der Waals surface area contributed by atoms with Crippen molar-refractivity contribution in [3.8, 4) is 5.75 Å². The largest absolute Gasteiger partial charge is 0.489 e. The van der Waals surface area contributed by atoms with Crippen LogP contribution in [0, 0.1) is 6.92 Å². The quantitative estimate of drug-likeness (QED) is 0.590. The Morgan fingerprint density at radius 3 is 2.53 bits per heavy atom. The lowest BCUT2D eigenvalue weighted by Gasteiger charge is -2.33. The molecule has 5 nitrogen and oxygen atoms in total. The topological polar surface area (TPSA) is 51.1 Å². The maximum absolute atomic E-state index is 12.7. The van der Waals surface area contributed by atoms with E-state index in [-0.39, 0.29) is 12.0 Å². The van der Waals surface area contributed by atoms with Gasteiger partial charge < -0.3 is 14.4 Å². The second-order valence-corrected chi connectivity index (χ2v) is 8.04. The lowest BCUT2D eigenvalue weighted by Crippen LogP contribution is -2.34. The van der Waals surface area contributed by atoms with E-state index in [0.29, 0.717) is 24.5 Å². The lowest BCUT2D eigenvalue weighted by atomic mass is 9.95. The van der Waals surface area contributed by atoms with Crippen LogP contribution in [0.1, 0.15) is 36.6 Å². The number of aryl methyl sites for hydroxylation is 1. The Kier molecular flexibility index (Phi) is 5.95. The SMILES string of the molecule is CCOC(=O)C1=C(C)N=C2SC=CN2[C@@H]1c1ccc(OCc2ccc(C)cc2)cc1. The molecule has 2 aromatic rings. The highest BCUT2D eigenvalue weighted by Gasteiger charge is 2.37. The first kappa shape index (κ1) is 20.3. The van der Waals surface area contributed by atoms with Gasteiger partial charge in [0.05, 0.1) is 23.9 Å². The Labute approximate surface area is 181 Å². The van der Waals surface area contributed by atoms with E-state index in [1.54, 1.807) is 11.8 Å². The first-order chi connectivity index (χ1) is 14.6. The second kappa shape index (κ2) is 8.79. The minimum Gasteiger partial charge on any atom is -0.489 e. The molecule has 0 aliphatic carbocycles. The minimum atomic E-state index is -0.326. The smallest absolute Gasteiger partial charge is 0.338 e. The number of fused-ring (bicyclic) bond motifs is 1. The number of benzene rings is 2. The van der Waals surface area contributed by atoms with E-state index in [1.165, 1.54) is 5.56 Å². The van der Waals surface area contributed by atoms with Gasteiger partial charge in [0.1, 0.15) is 12.4 Å². The van der Waals surface area contributed by atoms with E-state index in [4.69, 9.17) is 9.47 Å². The molecule has 0 saturated carbocycles. The number of aliphatic imine (C=N–C) groups is 1. The van der Waals surface area contributed by atoms with E-state index in [0.717, 1.165) is 22.0 Å². The number of carbonyl (C=O) groups excluding carboxylic acids is 1. The van der Waals surface area contributed by atoms with Crippen LogP contribution < -0.4 is 4.74 Å². The molecule has 2 heterocycles.